The molecule has 0 saturated heterocycles. The molecule has 4 rings (SSSR count). The van der Waals surface area contributed by atoms with E-state index in [1.165, 1.54) is 0 Å². The molecule has 0 spiro atoms. The molecule has 0 saturated carbocycles. The molecule has 0 aromatic carbocycles. The van der Waals surface area contributed by atoms with Crippen molar-refractivity contribution >= 4 is 11.0 Å². The van der Waals surface area contributed by atoms with Crippen molar-refractivity contribution < 1.29 is 0 Å². The van der Waals surface area contributed by atoms with Crippen molar-refractivity contribution in [3.63, 3.8) is 0 Å². The minimum absolute atomic E-state index is 0.793. The van der Waals surface area contributed by atoms with Crippen molar-refractivity contribution in [1.29, 1.82) is 0 Å². The van der Waals surface area contributed by atoms with Crippen LogP contribution in [0.2, 0.25) is 0 Å². The lowest BCUT2D eigenvalue weighted by Crippen LogP contribution is -2.01. The molecule has 0 atom stereocenters. The third-order valence-electron chi connectivity index (χ3n) is 3.21. The first-order chi connectivity index (χ1) is 8.93. The summed E-state index contributed by atoms with van der Waals surface area (Å²) in [5, 5.41) is 4.28. The van der Waals surface area contributed by atoms with Gasteiger partial charge in [-0.2, -0.15) is 0 Å². The van der Waals surface area contributed by atoms with Crippen LogP contribution in [0.25, 0.3) is 22.4 Å². The first-order valence-corrected chi connectivity index (χ1v) is 5.75. The molecule has 0 aliphatic carbocycles. The molecule has 0 bridgehead atoms. The van der Waals surface area contributed by atoms with E-state index >= 15 is 0 Å². The van der Waals surface area contributed by atoms with Gasteiger partial charge in [-0.15, -0.1) is 0 Å². The molecular formula is C12H10N6. The highest BCUT2D eigenvalue weighted by molar-refractivity contribution is 5.90. The van der Waals surface area contributed by atoms with E-state index in [0.29, 0.717) is 0 Å². The first-order valence-electron chi connectivity index (χ1n) is 5.75. The Balaban J connectivity index is 2.03. The van der Waals surface area contributed by atoms with E-state index in [1.54, 1.807) is 12.7 Å². The van der Waals surface area contributed by atoms with Crippen molar-refractivity contribution in [2.45, 2.75) is 13.1 Å². The quantitative estimate of drug-likeness (QED) is 0.661. The Labute approximate surface area is 103 Å². The Kier molecular flexibility index (Phi) is 1.92. The molecule has 0 fully saturated rings. The van der Waals surface area contributed by atoms with Gasteiger partial charge in [0.05, 0.1) is 11.4 Å². The molecule has 3 aromatic heterocycles. The van der Waals surface area contributed by atoms with Crippen molar-refractivity contribution in [2.75, 3.05) is 0 Å². The highest BCUT2D eigenvalue weighted by Gasteiger charge is 2.20. The second kappa shape index (κ2) is 3.58. The van der Waals surface area contributed by atoms with Gasteiger partial charge in [0.15, 0.2) is 0 Å². The molecule has 6 nitrogen and oxygen atoms in total. The van der Waals surface area contributed by atoms with Gasteiger partial charge in [-0.1, -0.05) is 0 Å². The molecule has 6 heteroatoms. The topological polar surface area (TPSA) is 79.4 Å². The zero-order valence-corrected chi connectivity index (χ0v) is 9.51. The lowest BCUT2D eigenvalue weighted by atomic mass is 10.1. The Morgan fingerprint density at radius 1 is 0.944 bits per heavy atom. The average molecular weight is 238 g/mol. The van der Waals surface area contributed by atoms with Crippen LogP contribution in [0.15, 0.2) is 24.9 Å². The standard InChI is InChI=1S/C12H10N6/c1-2-14-12-7(1)10(17-6-18-12)11-8-3-13-4-9(8)15-5-16-11/h1-2,5-6,13H,3-4H2,(H,14,17,18). The predicted molar refractivity (Wildman–Crippen MR) is 65.5 cm³/mol. The van der Waals surface area contributed by atoms with E-state index in [-0.39, 0.29) is 0 Å². The number of rotatable bonds is 1. The summed E-state index contributed by atoms with van der Waals surface area (Å²) in [5.41, 5.74) is 4.79. The molecule has 3 aromatic rings. The summed E-state index contributed by atoms with van der Waals surface area (Å²) in [7, 11) is 0. The van der Waals surface area contributed by atoms with E-state index in [9.17, 15) is 0 Å². The lowest BCUT2D eigenvalue weighted by molar-refractivity contribution is 0.758. The van der Waals surface area contributed by atoms with Crippen LogP contribution in [0.3, 0.4) is 0 Å². The van der Waals surface area contributed by atoms with Crippen molar-refractivity contribution in [2.24, 2.45) is 0 Å². The highest BCUT2D eigenvalue weighted by Crippen LogP contribution is 2.28. The summed E-state index contributed by atoms with van der Waals surface area (Å²) in [6, 6.07) is 1.97. The smallest absolute Gasteiger partial charge is 0.141 e. The van der Waals surface area contributed by atoms with Gasteiger partial charge in [0, 0.05) is 30.2 Å². The van der Waals surface area contributed by atoms with Gasteiger partial charge in [-0.05, 0) is 6.07 Å². The molecule has 4 heterocycles. The molecular weight excluding hydrogens is 228 g/mol. The van der Waals surface area contributed by atoms with E-state index in [0.717, 1.165) is 46.8 Å². The van der Waals surface area contributed by atoms with Crippen molar-refractivity contribution in [3.05, 3.63) is 36.2 Å². The van der Waals surface area contributed by atoms with Crippen LogP contribution in [0.4, 0.5) is 0 Å². The van der Waals surface area contributed by atoms with Gasteiger partial charge in [0.2, 0.25) is 0 Å². The fourth-order valence-electron chi connectivity index (χ4n) is 2.36. The van der Waals surface area contributed by atoms with Gasteiger partial charge in [-0.25, -0.2) is 19.9 Å². The summed E-state index contributed by atoms with van der Waals surface area (Å²) in [6.45, 7) is 1.59. The number of nitrogens with one attached hydrogen (secondary N) is 2. The van der Waals surface area contributed by atoms with Crippen LogP contribution in [0.1, 0.15) is 11.3 Å². The number of fused-ring (bicyclic) bond motifs is 2. The Hall–Kier alpha value is -2.34. The van der Waals surface area contributed by atoms with Crippen LogP contribution in [-0.4, -0.2) is 24.9 Å². The normalized spacial score (nSPS) is 14.0. The molecule has 88 valence electrons. The molecule has 1 aliphatic rings. The van der Waals surface area contributed by atoms with Crippen molar-refractivity contribution in [1.82, 2.24) is 30.2 Å². The maximum Gasteiger partial charge on any atom is 0.141 e. The zero-order valence-electron chi connectivity index (χ0n) is 9.51. The Morgan fingerprint density at radius 2 is 1.83 bits per heavy atom. The number of H-pyrrole nitrogens is 1. The Bertz CT molecular complexity index is 732. The van der Waals surface area contributed by atoms with Gasteiger partial charge in [-0.3, -0.25) is 0 Å². The van der Waals surface area contributed by atoms with Gasteiger partial charge < -0.3 is 10.3 Å². The second-order valence-electron chi connectivity index (χ2n) is 4.21. The minimum atomic E-state index is 0.793. The SMILES string of the molecule is c1nc2c(c(-c3ncnc4[nH]ccc34)n1)CNC2. The van der Waals surface area contributed by atoms with Gasteiger partial charge >= 0.3 is 0 Å². The van der Waals surface area contributed by atoms with Crippen LogP contribution in [0.5, 0.6) is 0 Å². The molecule has 18 heavy (non-hydrogen) atoms. The van der Waals surface area contributed by atoms with Gasteiger partial charge in [0.1, 0.15) is 24.0 Å². The zero-order chi connectivity index (χ0) is 11.9. The summed E-state index contributed by atoms with van der Waals surface area (Å²) >= 11 is 0. The van der Waals surface area contributed by atoms with Crippen LogP contribution >= 0.6 is 0 Å². The lowest BCUT2D eigenvalue weighted by Gasteiger charge is -2.05. The summed E-state index contributed by atoms with van der Waals surface area (Å²) in [4.78, 5) is 20.3. The average Bonchev–Trinajstić information content (AvgIpc) is 3.06. The number of aromatic amines is 1. The van der Waals surface area contributed by atoms with Crippen LogP contribution in [-0.2, 0) is 13.1 Å². The van der Waals surface area contributed by atoms with E-state index in [1.807, 2.05) is 12.3 Å². The van der Waals surface area contributed by atoms with E-state index in [4.69, 9.17) is 0 Å². The van der Waals surface area contributed by atoms with Crippen molar-refractivity contribution in [3.8, 4) is 11.4 Å². The number of aromatic nitrogens is 5. The maximum atomic E-state index is 4.40. The molecule has 2 N–H and O–H groups in total. The molecule has 0 radical (unpaired) electrons. The fraction of sp³-hybridized carbons (Fsp3) is 0.167. The van der Waals surface area contributed by atoms with Gasteiger partial charge in [0.25, 0.3) is 0 Å². The van der Waals surface area contributed by atoms with Crippen LogP contribution < -0.4 is 5.32 Å². The predicted octanol–water partition coefficient (Wildman–Crippen LogP) is 1.02. The summed E-state index contributed by atoms with van der Waals surface area (Å²) < 4.78 is 0. The highest BCUT2D eigenvalue weighted by atomic mass is 15.0. The second-order valence-corrected chi connectivity index (χ2v) is 4.21. The van der Waals surface area contributed by atoms with E-state index in [2.05, 4.69) is 30.2 Å². The third kappa shape index (κ3) is 1.26. The fourth-order valence-corrected chi connectivity index (χ4v) is 2.36. The summed E-state index contributed by atoms with van der Waals surface area (Å²) in [5.74, 6) is 0. The number of hydrogen-bond donors (Lipinski definition) is 2. The van der Waals surface area contributed by atoms with Crippen LogP contribution in [0, 0.1) is 0 Å². The molecule has 0 unspecified atom stereocenters. The number of nitrogens with zero attached hydrogens (tertiary/aromatic N) is 4. The molecule has 1 aliphatic heterocycles. The number of hydrogen-bond acceptors (Lipinski definition) is 5. The monoisotopic (exact) mass is 238 g/mol. The maximum absolute atomic E-state index is 4.40. The Morgan fingerprint density at radius 3 is 2.83 bits per heavy atom. The van der Waals surface area contributed by atoms with E-state index < -0.39 is 0 Å². The largest absolute Gasteiger partial charge is 0.346 e. The summed E-state index contributed by atoms with van der Waals surface area (Å²) in [6.07, 6.45) is 5.02. The molecule has 0 amide bonds. The third-order valence-corrected chi connectivity index (χ3v) is 3.21. The first kappa shape index (κ1) is 9.67. The minimum Gasteiger partial charge on any atom is -0.346 e.